The SMILES string of the molecule is CCC(Cc1ccc(F)cc1Cl)C(C)Cl. The van der Waals surface area contributed by atoms with Crippen LogP contribution in [0.4, 0.5) is 4.39 Å². The fraction of sp³-hybridized carbons (Fsp3) is 0.500. The molecule has 84 valence electrons. The maximum Gasteiger partial charge on any atom is 0.124 e. The molecule has 0 aliphatic carbocycles. The minimum Gasteiger partial charge on any atom is -0.207 e. The molecule has 0 amide bonds. The summed E-state index contributed by atoms with van der Waals surface area (Å²) in [5.41, 5.74) is 0.970. The van der Waals surface area contributed by atoms with Gasteiger partial charge in [-0.2, -0.15) is 0 Å². The highest BCUT2D eigenvalue weighted by atomic mass is 35.5. The predicted molar refractivity (Wildman–Crippen MR) is 64.2 cm³/mol. The van der Waals surface area contributed by atoms with Crippen molar-refractivity contribution in [2.24, 2.45) is 5.92 Å². The van der Waals surface area contributed by atoms with E-state index in [0.717, 1.165) is 18.4 Å². The maximum atomic E-state index is 12.8. The van der Waals surface area contributed by atoms with Crippen LogP contribution in [-0.2, 0) is 6.42 Å². The van der Waals surface area contributed by atoms with E-state index in [9.17, 15) is 4.39 Å². The van der Waals surface area contributed by atoms with Crippen LogP contribution < -0.4 is 0 Å². The van der Waals surface area contributed by atoms with Gasteiger partial charge in [0, 0.05) is 10.4 Å². The largest absolute Gasteiger partial charge is 0.207 e. The fourth-order valence-electron chi connectivity index (χ4n) is 1.60. The van der Waals surface area contributed by atoms with Gasteiger partial charge in [-0.1, -0.05) is 31.0 Å². The molecule has 0 nitrogen and oxygen atoms in total. The number of rotatable bonds is 4. The Bertz CT molecular complexity index is 323. The third kappa shape index (κ3) is 3.66. The first-order chi connectivity index (χ1) is 7.04. The molecule has 0 N–H and O–H groups in total. The van der Waals surface area contributed by atoms with Crippen LogP contribution in [0.3, 0.4) is 0 Å². The molecule has 3 heteroatoms. The van der Waals surface area contributed by atoms with Crippen LogP contribution in [0.5, 0.6) is 0 Å². The second kappa shape index (κ2) is 5.72. The van der Waals surface area contributed by atoms with E-state index in [0.29, 0.717) is 10.9 Å². The molecule has 2 atom stereocenters. The average Bonchev–Trinajstić information content (AvgIpc) is 2.16. The van der Waals surface area contributed by atoms with E-state index in [2.05, 4.69) is 6.92 Å². The first-order valence-corrected chi connectivity index (χ1v) is 5.94. The van der Waals surface area contributed by atoms with Gasteiger partial charge in [-0.25, -0.2) is 4.39 Å². The summed E-state index contributed by atoms with van der Waals surface area (Å²) in [5, 5.41) is 0.599. The van der Waals surface area contributed by atoms with Crippen LogP contribution in [-0.4, -0.2) is 5.38 Å². The Balaban J connectivity index is 2.79. The summed E-state index contributed by atoms with van der Waals surface area (Å²) in [6.07, 6.45) is 1.80. The van der Waals surface area contributed by atoms with Gasteiger partial charge in [-0.3, -0.25) is 0 Å². The Morgan fingerprint density at radius 1 is 1.40 bits per heavy atom. The lowest BCUT2D eigenvalue weighted by Crippen LogP contribution is -2.13. The monoisotopic (exact) mass is 248 g/mol. The Morgan fingerprint density at radius 3 is 2.53 bits per heavy atom. The average molecular weight is 249 g/mol. The second-order valence-electron chi connectivity index (χ2n) is 3.79. The first kappa shape index (κ1) is 12.8. The van der Waals surface area contributed by atoms with Gasteiger partial charge in [-0.05, 0) is 37.0 Å². The Labute approximate surface area is 100 Å². The summed E-state index contributed by atoms with van der Waals surface area (Å²) in [6.45, 7) is 4.08. The topological polar surface area (TPSA) is 0 Å². The van der Waals surface area contributed by atoms with Crippen LogP contribution in [0.25, 0.3) is 0 Å². The van der Waals surface area contributed by atoms with Crippen LogP contribution in [0.15, 0.2) is 18.2 Å². The van der Waals surface area contributed by atoms with E-state index in [1.807, 2.05) is 6.92 Å². The Morgan fingerprint density at radius 2 is 2.07 bits per heavy atom. The molecule has 0 radical (unpaired) electrons. The van der Waals surface area contributed by atoms with E-state index >= 15 is 0 Å². The van der Waals surface area contributed by atoms with Gasteiger partial charge in [0.25, 0.3) is 0 Å². The highest BCUT2D eigenvalue weighted by Crippen LogP contribution is 2.25. The van der Waals surface area contributed by atoms with Crippen LogP contribution >= 0.6 is 23.2 Å². The summed E-state index contributed by atoms with van der Waals surface area (Å²) >= 11 is 12.0. The lowest BCUT2D eigenvalue weighted by Gasteiger charge is -2.17. The third-order valence-corrected chi connectivity index (χ3v) is 3.38. The third-order valence-electron chi connectivity index (χ3n) is 2.67. The summed E-state index contributed by atoms with van der Waals surface area (Å²) in [6, 6.07) is 4.52. The molecule has 0 saturated heterocycles. The van der Waals surface area contributed by atoms with Crippen molar-refractivity contribution in [2.75, 3.05) is 0 Å². The zero-order valence-corrected chi connectivity index (χ0v) is 10.4. The van der Waals surface area contributed by atoms with Crippen molar-refractivity contribution in [1.29, 1.82) is 0 Å². The minimum absolute atomic E-state index is 0.108. The van der Waals surface area contributed by atoms with Crippen molar-refractivity contribution >= 4 is 23.2 Å². The molecule has 15 heavy (non-hydrogen) atoms. The number of hydrogen-bond acceptors (Lipinski definition) is 0. The molecule has 0 aliphatic rings. The maximum absolute atomic E-state index is 12.8. The molecule has 2 unspecified atom stereocenters. The van der Waals surface area contributed by atoms with Crippen molar-refractivity contribution in [1.82, 2.24) is 0 Å². The number of alkyl halides is 1. The van der Waals surface area contributed by atoms with E-state index in [-0.39, 0.29) is 11.2 Å². The van der Waals surface area contributed by atoms with Gasteiger partial charge in [-0.15, -0.1) is 11.6 Å². The molecule has 0 fully saturated rings. The van der Waals surface area contributed by atoms with Gasteiger partial charge in [0.15, 0.2) is 0 Å². The number of hydrogen-bond donors (Lipinski definition) is 0. The summed E-state index contributed by atoms with van der Waals surface area (Å²) in [5.74, 6) is 0.0883. The van der Waals surface area contributed by atoms with Crippen molar-refractivity contribution in [3.63, 3.8) is 0 Å². The van der Waals surface area contributed by atoms with Gasteiger partial charge in [0.2, 0.25) is 0 Å². The van der Waals surface area contributed by atoms with Crippen molar-refractivity contribution in [2.45, 2.75) is 32.1 Å². The molecule has 0 aromatic heterocycles. The molecular formula is C12H15Cl2F. The molecule has 1 aromatic rings. The van der Waals surface area contributed by atoms with E-state index in [1.54, 1.807) is 6.07 Å². The van der Waals surface area contributed by atoms with Crippen LogP contribution in [0, 0.1) is 11.7 Å². The zero-order chi connectivity index (χ0) is 11.4. The zero-order valence-electron chi connectivity index (χ0n) is 8.93. The van der Waals surface area contributed by atoms with Crippen molar-refractivity contribution < 1.29 is 4.39 Å². The summed E-state index contributed by atoms with van der Waals surface area (Å²) in [7, 11) is 0. The van der Waals surface area contributed by atoms with Crippen molar-refractivity contribution in [3.8, 4) is 0 Å². The first-order valence-electron chi connectivity index (χ1n) is 5.12. The standard InChI is InChI=1S/C12H15Cl2F/c1-3-9(8(2)13)6-10-4-5-11(15)7-12(10)14/h4-5,7-9H,3,6H2,1-2H3. The van der Waals surface area contributed by atoms with Gasteiger partial charge < -0.3 is 0 Å². The normalized spacial score (nSPS) is 15.0. The molecule has 1 aromatic carbocycles. The molecule has 0 aliphatic heterocycles. The number of benzene rings is 1. The van der Waals surface area contributed by atoms with Gasteiger partial charge in [0.05, 0.1) is 0 Å². The molecule has 1 rings (SSSR count). The molecule has 0 saturated carbocycles. The lowest BCUT2D eigenvalue weighted by molar-refractivity contribution is 0.497. The van der Waals surface area contributed by atoms with E-state index < -0.39 is 0 Å². The molecule has 0 spiro atoms. The molecule has 0 heterocycles. The minimum atomic E-state index is -0.296. The summed E-state index contributed by atoms with van der Waals surface area (Å²) < 4.78 is 12.8. The van der Waals surface area contributed by atoms with E-state index in [4.69, 9.17) is 23.2 Å². The number of halogens is 3. The molecule has 0 bridgehead atoms. The Kier molecular flexibility index (Phi) is 4.88. The fourth-order valence-corrected chi connectivity index (χ4v) is 2.11. The van der Waals surface area contributed by atoms with Gasteiger partial charge >= 0.3 is 0 Å². The highest BCUT2D eigenvalue weighted by Gasteiger charge is 2.15. The quantitative estimate of drug-likeness (QED) is 0.680. The predicted octanol–water partition coefficient (Wildman–Crippen LogP) is 4.68. The van der Waals surface area contributed by atoms with Crippen molar-refractivity contribution in [3.05, 3.63) is 34.6 Å². The smallest absolute Gasteiger partial charge is 0.124 e. The molecular weight excluding hydrogens is 234 g/mol. The summed E-state index contributed by atoms with van der Waals surface area (Å²) in [4.78, 5) is 0. The van der Waals surface area contributed by atoms with E-state index in [1.165, 1.54) is 12.1 Å². The van der Waals surface area contributed by atoms with Crippen LogP contribution in [0.2, 0.25) is 5.02 Å². The van der Waals surface area contributed by atoms with Crippen LogP contribution in [0.1, 0.15) is 25.8 Å². The Hall–Kier alpha value is -0.270. The highest BCUT2D eigenvalue weighted by molar-refractivity contribution is 6.31. The second-order valence-corrected chi connectivity index (χ2v) is 4.88. The van der Waals surface area contributed by atoms with Gasteiger partial charge in [0.1, 0.15) is 5.82 Å². The lowest BCUT2D eigenvalue weighted by atomic mass is 9.94.